The van der Waals surface area contributed by atoms with Crippen molar-refractivity contribution in [3.8, 4) is 0 Å². The Morgan fingerprint density at radius 3 is 2.68 bits per heavy atom. The average Bonchev–Trinajstić information content (AvgIpc) is 3.09. The molecule has 6 heteroatoms. The number of nitrogens with one attached hydrogen (secondary N) is 1. The van der Waals surface area contributed by atoms with Crippen LogP contribution in [-0.4, -0.2) is 61.0 Å². The van der Waals surface area contributed by atoms with E-state index >= 15 is 0 Å². The normalized spacial score (nSPS) is 21.8. The Hall–Kier alpha value is -2.31. The maximum atomic E-state index is 13.0. The highest BCUT2D eigenvalue weighted by atomic mass is 32.2. The zero-order chi connectivity index (χ0) is 26.5. The van der Waals surface area contributed by atoms with Gasteiger partial charge < -0.3 is 10.2 Å². The molecule has 2 aromatic carbocycles. The minimum Gasteiger partial charge on any atom is -0.369 e. The largest absolute Gasteiger partial charge is 0.369 e. The third-order valence-electron chi connectivity index (χ3n) is 8.41. The van der Waals surface area contributed by atoms with Crippen LogP contribution >= 0.6 is 11.8 Å². The van der Waals surface area contributed by atoms with E-state index in [0.29, 0.717) is 17.7 Å². The van der Waals surface area contributed by atoms with E-state index in [1.54, 1.807) is 0 Å². The third kappa shape index (κ3) is 6.45. The van der Waals surface area contributed by atoms with Crippen LogP contribution in [0.3, 0.4) is 0 Å². The number of carbonyl (C=O) groups is 1. The zero-order valence-corrected chi connectivity index (χ0v) is 24.3. The number of nitrogens with zero attached hydrogens (tertiary/aromatic N) is 3. The first-order valence-electron chi connectivity index (χ1n) is 14.7. The highest BCUT2D eigenvalue weighted by Crippen LogP contribution is 2.45. The lowest BCUT2D eigenvalue weighted by Gasteiger charge is -2.37. The van der Waals surface area contributed by atoms with Crippen LogP contribution in [-0.2, 0) is 0 Å². The minimum atomic E-state index is 0.0199. The fourth-order valence-corrected chi connectivity index (χ4v) is 7.68. The van der Waals surface area contributed by atoms with Gasteiger partial charge in [-0.05, 0) is 81.5 Å². The highest BCUT2D eigenvalue weighted by Gasteiger charge is 2.32. The molecule has 2 aromatic rings. The number of anilines is 1. The fraction of sp³-hybridized carbons (Fsp3) is 0.562. The first-order valence-corrected chi connectivity index (χ1v) is 15.6. The second-order valence-corrected chi connectivity index (χ2v) is 12.6. The van der Waals surface area contributed by atoms with Crippen LogP contribution in [0.4, 0.5) is 11.4 Å². The molecule has 0 radical (unpaired) electrons. The van der Waals surface area contributed by atoms with Gasteiger partial charge in [0, 0.05) is 65.7 Å². The molecule has 38 heavy (non-hydrogen) atoms. The van der Waals surface area contributed by atoms with Gasteiger partial charge in [-0.1, -0.05) is 38.3 Å². The zero-order valence-electron chi connectivity index (χ0n) is 23.5. The standard InChI is InChI=1S/C32H44N4OS/c1-4-8-27-26-9-5-6-10-30(26)38-31-14-13-25(22-28(31)34-27)32(37)33-15-7-16-35-17-19-36(20-18-35)29-21-23(2)11-12-24(29)3/h11-14,21-22,26,30H,4-10,15-20H2,1-3H3,(H,33,37). The SMILES string of the molecule is CCCC1=Nc2cc(C(=O)NCCCN3CCN(c4cc(C)ccc4C)CC3)ccc2SC2CCCCC12. The Kier molecular flexibility index (Phi) is 9.11. The van der Waals surface area contributed by atoms with Gasteiger partial charge in [0.15, 0.2) is 0 Å². The van der Waals surface area contributed by atoms with Crippen LogP contribution in [0, 0.1) is 19.8 Å². The summed E-state index contributed by atoms with van der Waals surface area (Å²) in [7, 11) is 0. The Labute approximate surface area is 233 Å². The summed E-state index contributed by atoms with van der Waals surface area (Å²) in [5.74, 6) is 0.618. The summed E-state index contributed by atoms with van der Waals surface area (Å²) in [5.41, 5.74) is 7.15. The van der Waals surface area contributed by atoms with Crippen LogP contribution in [0.2, 0.25) is 0 Å². The molecule has 0 spiro atoms. The summed E-state index contributed by atoms with van der Waals surface area (Å²) in [6.07, 6.45) is 8.35. The lowest BCUT2D eigenvalue weighted by atomic mass is 9.83. The van der Waals surface area contributed by atoms with E-state index < -0.39 is 0 Å². The van der Waals surface area contributed by atoms with E-state index in [1.807, 2.05) is 23.9 Å². The molecule has 5 nitrogen and oxygen atoms in total. The predicted octanol–water partition coefficient (Wildman–Crippen LogP) is 6.78. The van der Waals surface area contributed by atoms with Crippen molar-refractivity contribution in [2.45, 2.75) is 75.9 Å². The van der Waals surface area contributed by atoms with Crippen LogP contribution in [0.1, 0.15) is 73.4 Å². The number of aliphatic imine (C=N–C) groups is 1. The fourth-order valence-electron chi connectivity index (χ4n) is 6.24. The number of fused-ring (bicyclic) bond motifs is 2. The van der Waals surface area contributed by atoms with Crippen molar-refractivity contribution in [2.75, 3.05) is 44.2 Å². The molecule has 2 aliphatic heterocycles. The smallest absolute Gasteiger partial charge is 0.251 e. The van der Waals surface area contributed by atoms with E-state index in [9.17, 15) is 4.79 Å². The van der Waals surface area contributed by atoms with Crippen molar-refractivity contribution in [2.24, 2.45) is 10.9 Å². The summed E-state index contributed by atoms with van der Waals surface area (Å²) >= 11 is 1.99. The Morgan fingerprint density at radius 2 is 1.87 bits per heavy atom. The molecule has 2 unspecified atom stereocenters. The first-order chi connectivity index (χ1) is 18.5. The van der Waals surface area contributed by atoms with Crippen LogP contribution in [0.15, 0.2) is 46.3 Å². The van der Waals surface area contributed by atoms with Gasteiger partial charge in [0.1, 0.15) is 0 Å². The van der Waals surface area contributed by atoms with Gasteiger partial charge in [-0.2, -0.15) is 0 Å². The molecule has 2 heterocycles. The summed E-state index contributed by atoms with van der Waals surface area (Å²) in [6, 6.07) is 12.9. The number of rotatable bonds is 8. The van der Waals surface area contributed by atoms with Crippen molar-refractivity contribution in [3.63, 3.8) is 0 Å². The minimum absolute atomic E-state index is 0.0199. The van der Waals surface area contributed by atoms with E-state index in [2.05, 4.69) is 60.2 Å². The Balaban J connectivity index is 1.11. The van der Waals surface area contributed by atoms with Crippen molar-refractivity contribution in [1.29, 1.82) is 0 Å². The van der Waals surface area contributed by atoms with Crippen LogP contribution in [0.25, 0.3) is 0 Å². The number of piperazine rings is 1. The summed E-state index contributed by atoms with van der Waals surface area (Å²) in [4.78, 5) is 24.4. The van der Waals surface area contributed by atoms with E-state index in [1.165, 1.54) is 53.1 Å². The molecule has 1 saturated heterocycles. The van der Waals surface area contributed by atoms with Gasteiger partial charge in [0.2, 0.25) is 0 Å². The van der Waals surface area contributed by atoms with Crippen molar-refractivity contribution in [3.05, 3.63) is 53.1 Å². The summed E-state index contributed by atoms with van der Waals surface area (Å²) in [5, 5.41) is 3.80. The van der Waals surface area contributed by atoms with Crippen LogP contribution in [0.5, 0.6) is 0 Å². The molecule has 0 bridgehead atoms. The topological polar surface area (TPSA) is 47.9 Å². The number of hydrogen-bond donors (Lipinski definition) is 1. The van der Waals surface area contributed by atoms with Crippen LogP contribution < -0.4 is 10.2 Å². The Bertz CT molecular complexity index is 1150. The molecule has 2 atom stereocenters. The highest BCUT2D eigenvalue weighted by molar-refractivity contribution is 8.00. The van der Waals surface area contributed by atoms with Crippen molar-refractivity contribution < 1.29 is 4.79 Å². The molecule has 1 amide bonds. The maximum absolute atomic E-state index is 13.0. The number of aryl methyl sites for hydroxylation is 2. The van der Waals surface area contributed by atoms with Gasteiger partial charge in [-0.15, -0.1) is 11.8 Å². The predicted molar refractivity (Wildman–Crippen MR) is 162 cm³/mol. The summed E-state index contributed by atoms with van der Waals surface area (Å²) < 4.78 is 0. The first kappa shape index (κ1) is 27.3. The number of hydrogen-bond acceptors (Lipinski definition) is 5. The lowest BCUT2D eigenvalue weighted by molar-refractivity contribution is 0.0951. The van der Waals surface area contributed by atoms with Crippen molar-refractivity contribution >= 4 is 34.8 Å². The number of benzene rings is 2. The lowest BCUT2D eigenvalue weighted by Crippen LogP contribution is -2.47. The summed E-state index contributed by atoms with van der Waals surface area (Å²) in [6.45, 7) is 12.6. The third-order valence-corrected chi connectivity index (χ3v) is 9.88. The second-order valence-electron chi connectivity index (χ2n) is 11.3. The molecular formula is C32H44N4OS. The van der Waals surface area contributed by atoms with E-state index in [-0.39, 0.29) is 5.91 Å². The number of amides is 1. The molecule has 1 N–H and O–H groups in total. The van der Waals surface area contributed by atoms with E-state index in [4.69, 9.17) is 4.99 Å². The second kappa shape index (κ2) is 12.7. The quantitative estimate of drug-likeness (QED) is 0.381. The maximum Gasteiger partial charge on any atom is 0.251 e. The molecular weight excluding hydrogens is 488 g/mol. The number of carbonyl (C=O) groups excluding carboxylic acids is 1. The molecule has 1 saturated carbocycles. The van der Waals surface area contributed by atoms with Gasteiger partial charge >= 0.3 is 0 Å². The average molecular weight is 533 g/mol. The van der Waals surface area contributed by atoms with E-state index in [0.717, 1.165) is 63.2 Å². The molecule has 1 aliphatic carbocycles. The van der Waals surface area contributed by atoms with Crippen molar-refractivity contribution in [1.82, 2.24) is 10.2 Å². The molecule has 5 rings (SSSR count). The van der Waals surface area contributed by atoms with Gasteiger partial charge in [0.25, 0.3) is 5.91 Å². The van der Waals surface area contributed by atoms with Gasteiger partial charge in [-0.3, -0.25) is 14.7 Å². The monoisotopic (exact) mass is 532 g/mol. The number of thioether (sulfide) groups is 1. The molecule has 0 aromatic heterocycles. The molecule has 2 fully saturated rings. The van der Waals surface area contributed by atoms with Gasteiger partial charge in [-0.25, -0.2) is 0 Å². The Morgan fingerprint density at radius 1 is 1.05 bits per heavy atom. The van der Waals surface area contributed by atoms with Gasteiger partial charge in [0.05, 0.1) is 5.69 Å². The molecule has 3 aliphatic rings. The molecule has 204 valence electrons.